The molecule has 0 bridgehead atoms. The molecule has 0 N–H and O–H groups in total. The molecule has 0 radical (unpaired) electrons. The molecule has 58 heavy (non-hydrogen) atoms. The molecule has 4 heteroatoms. The Morgan fingerprint density at radius 2 is 0.672 bits per heavy atom. The van der Waals surface area contributed by atoms with Crippen LogP contribution in [0.15, 0.2) is 170 Å². The number of hydrogen-bond acceptors (Lipinski definition) is 2. The maximum Gasteiger partial charge on any atom is 0.147 e. The van der Waals surface area contributed by atoms with E-state index in [1.165, 1.54) is 11.1 Å². The molecule has 10 aromatic rings. The molecule has 0 aromatic heterocycles. The number of benzene rings is 10. The number of anilines is 6. The molecular formula is C54H42F2N2. The largest absolute Gasteiger partial charge is 0.306 e. The molecule has 0 heterocycles. The summed E-state index contributed by atoms with van der Waals surface area (Å²) in [6, 6.07) is 56.7. The van der Waals surface area contributed by atoms with Crippen molar-refractivity contribution in [3.8, 4) is 0 Å². The van der Waals surface area contributed by atoms with Crippen LogP contribution in [0.1, 0.15) is 50.7 Å². The summed E-state index contributed by atoms with van der Waals surface area (Å²) in [5.41, 5.74) is 6.93. The van der Waals surface area contributed by atoms with Crippen LogP contribution in [-0.2, 0) is 0 Å². The SMILES string of the molecule is CC(C)c1cc(N(c2ccccc2F)c2cccc3ccccc23)c2ccc3c(C(C)C)cc(N(c4ccccc4F)c4cccc5ccccc45)c4ccc1c2c34. The first-order chi connectivity index (χ1) is 28.3. The zero-order chi connectivity index (χ0) is 39.7. The molecule has 0 amide bonds. The second-order valence-electron chi connectivity index (χ2n) is 15.9. The third-order valence-corrected chi connectivity index (χ3v) is 11.8. The normalized spacial score (nSPS) is 11.9. The van der Waals surface area contributed by atoms with Crippen molar-refractivity contribution in [2.45, 2.75) is 39.5 Å². The highest BCUT2D eigenvalue weighted by molar-refractivity contribution is 6.30. The fourth-order valence-electron chi connectivity index (χ4n) is 9.19. The van der Waals surface area contributed by atoms with Gasteiger partial charge in [-0.15, -0.1) is 0 Å². The maximum absolute atomic E-state index is 16.3. The van der Waals surface area contributed by atoms with E-state index >= 15 is 8.78 Å². The Morgan fingerprint density at radius 1 is 0.328 bits per heavy atom. The molecule has 0 saturated carbocycles. The standard InChI is InChI=1S/C54H42F2N2/c1-33(2)43-31-51(57(49-23-11-9-21-45(49)55)47-25-13-17-35-15-5-7-19-37(35)47)41-30-28-40-44(34(3)4)32-52(42-29-27-39(43)53(41)54(40)42)58(50-24-12-10-22-46(50)56)48-26-14-18-36-16-6-8-20-38(36)48/h5-34H,1-4H3. The average Bonchev–Trinajstić information content (AvgIpc) is 3.24. The van der Waals surface area contributed by atoms with Gasteiger partial charge >= 0.3 is 0 Å². The first-order valence-electron chi connectivity index (χ1n) is 20.1. The van der Waals surface area contributed by atoms with Crippen LogP contribution in [0, 0.1) is 11.6 Å². The van der Waals surface area contributed by atoms with Crippen molar-refractivity contribution in [2.75, 3.05) is 9.80 Å². The molecule has 0 aliphatic heterocycles. The first kappa shape index (κ1) is 35.6. The van der Waals surface area contributed by atoms with Crippen LogP contribution < -0.4 is 9.80 Å². The fraction of sp³-hybridized carbons (Fsp3) is 0.111. The lowest BCUT2D eigenvalue weighted by Crippen LogP contribution is -2.14. The third kappa shape index (κ3) is 5.58. The Labute approximate surface area is 337 Å². The lowest BCUT2D eigenvalue weighted by Gasteiger charge is -2.32. The van der Waals surface area contributed by atoms with E-state index in [1.807, 2.05) is 48.5 Å². The molecule has 0 atom stereocenters. The van der Waals surface area contributed by atoms with Gasteiger partial charge in [0.2, 0.25) is 0 Å². The zero-order valence-electron chi connectivity index (χ0n) is 33.0. The predicted octanol–water partition coefficient (Wildman–Crippen LogP) is 16.4. The van der Waals surface area contributed by atoms with Crippen molar-refractivity contribution in [1.82, 2.24) is 0 Å². The minimum absolute atomic E-state index is 0.160. The van der Waals surface area contributed by atoms with Crippen molar-refractivity contribution >= 4 is 88.0 Å². The minimum Gasteiger partial charge on any atom is -0.306 e. The number of nitrogens with zero attached hydrogens (tertiary/aromatic N) is 2. The summed E-state index contributed by atoms with van der Waals surface area (Å²) >= 11 is 0. The molecule has 10 aromatic carbocycles. The van der Waals surface area contributed by atoms with E-state index in [4.69, 9.17) is 0 Å². The van der Waals surface area contributed by atoms with Crippen LogP contribution >= 0.6 is 0 Å². The van der Waals surface area contributed by atoms with Gasteiger partial charge in [0.05, 0.1) is 34.1 Å². The van der Waals surface area contributed by atoms with Gasteiger partial charge in [-0.3, -0.25) is 0 Å². The van der Waals surface area contributed by atoms with Crippen LogP contribution in [0.5, 0.6) is 0 Å². The topological polar surface area (TPSA) is 6.48 Å². The number of hydrogen-bond donors (Lipinski definition) is 0. The van der Waals surface area contributed by atoms with Crippen LogP contribution in [0.25, 0.3) is 53.9 Å². The van der Waals surface area contributed by atoms with Crippen molar-refractivity contribution < 1.29 is 8.78 Å². The summed E-state index contributed by atoms with van der Waals surface area (Å²) in [4.78, 5) is 4.23. The van der Waals surface area contributed by atoms with Crippen molar-refractivity contribution in [1.29, 1.82) is 0 Å². The zero-order valence-corrected chi connectivity index (χ0v) is 33.0. The quantitative estimate of drug-likeness (QED) is 0.143. The van der Waals surface area contributed by atoms with E-state index in [0.717, 1.165) is 76.6 Å². The molecule has 2 nitrogen and oxygen atoms in total. The number of fused-ring (bicyclic) bond motifs is 2. The molecule has 282 valence electrons. The molecule has 0 saturated heterocycles. The van der Waals surface area contributed by atoms with E-state index in [2.05, 4.69) is 135 Å². The lowest BCUT2D eigenvalue weighted by molar-refractivity contribution is 0.628. The smallest absolute Gasteiger partial charge is 0.147 e. The highest BCUT2D eigenvalue weighted by Gasteiger charge is 2.28. The van der Waals surface area contributed by atoms with Gasteiger partial charge in [-0.2, -0.15) is 0 Å². The van der Waals surface area contributed by atoms with Crippen molar-refractivity contribution in [2.24, 2.45) is 0 Å². The van der Waals surface area contributed by atoms with Gasteiger partial charge in [-0.25, -0.2) is 8.78 Å². The van der Waals surface area contributed by atoms with Crippen molar-refractivity contribution in [3.05, 3.63) is 193 Å². The summed E-state index contributed by atoms with van der Waals surface area (Å²) in [5, 5.41) is 10.8. The van der Waals surface area contributed by atoms with Crippen LogP contribution in [-0.4, -0.2) is 0 Å². The van der Waals surface area contributed by atoms with Gasteiger partial charge in [0.25, 0.3) is 0 Å². The Morgan fingerprint density at radius 3 is 1.09 bits per heavy atom. The molecule has 0 aliphatic rings. The lowest BCUT2D eigenvalue weighted by atomic mass is 9.84. The molecule has 0 aliphatic carbocycles. The Kier molecular flexibility index (Phi) is 8.60. The molecule has 10 rings (SSSR count). The highest BCUT2D eigenvalue weighted by Crippen LogP contribution is 2.52. The monoisotopic (exact) mass is 756 g/mol. The van der Waals surface area contributed by atoms with Gasteiger partial charge in [-0.1, -0.05) is 149 Å². The minimum atomic E-state index is -0.299. The number of halogens is 2. The first-order valence-corrected chi connectivity index (χ1v) is 20.1. The van der Waals surface area contributed by atoms with Gasteiger partial charge in [-0.05, 0) is 104 Å². The molecular weight excluding hydrogens is 715 g/mol. The average molecular weight is 757 g/mol. The maximum atomic E-state index is 16.3. The van der Waals surface area contributed by atoms with Gasteiger partial charge in [0.1, 0.15) is 11.6 Å². The van der Waals surface area contributed by atoms with Gasteiger partial charge in [0, 0.05) is 21.5 Å². The Balaban J connectivity index is 1.37. The highest BCUT2D eigenvalue weighted by atomic mass is 19.1. The van der Waals surface area contributed by atoms with E-state index < -0.39 is 0 Å². The molecule has 0 spiro atoms. The van der Waals surface area contributed by atoms with Crippen molar-refractivity contribution in [3.63, 3.8) is 0 Å². The molecule has 0 unspecified atom stereocenters. The predicted molar refractivity (Wildman–Crippen MR) is 243 cm³/mol. The van der Waals surface area contributed by atoms with E-state index in [1.54, 1.807) is 24.3 Å². The second-order valence-corrected chi connectivity index (χ2v) is 15.9. The Bertz CT molecular complexity index is 2960. The van der Waals surface area contributed by atoms with E-state index in [0.29, 0.717) is 11.4 Å². The summed E-state index contributed by atoms with van der Waals surface area (Å²) in [6.45, 7) is 8.92. The van der Waals surface area contributed by atoms with Crippen LogP contribution in [0.4, 0.5) is 42.9 Å². The number of para-hydroxylation sites is 2. The second kappa shape index (κ2) is 14.0. The van der Waals surface area contributed by atoms with Crippen LogP contribution in [0.2, 0.25) is 0 Å². The summed E-state index contributed by atoms with van der Waals surface area (Å²) < 4.78 is 32.7. The summed E-state index contributed by atoms with van der Waals surface area (Å²) in [7, 11) is 0. The van der Waals surface area contributed by atoms with E-state index in [-0.39, 0.29) is 23.5 Å². The van der Waals surface area contributed by atoms with Gasteiger partial charge < -0.3 is 9.80 Å². The third-order valence-electron chi connectivity index (χ3n) is 11.8. The van der Waals surface area contributed by atoms with Crippen LogP contribution in [0.3, 0.4) is 0 Å². The molecule has 0 fully saturated rings. The number of rotatable bonds is 8. The summed E-state index contributed by atoms with van der Waals surface area (Å²) in [5.74, 6) is -0.277. The fourth-order valence-corrected chi connectivity index (χ4v) is 9.19. The Hall–Kier alpha value is -6.78. The van der Waals surface area contributed by atoms with Gasteiger partial charge in [0.15, 0.2) is 0 Å². The van der Waals surface area contributed by atoms with E-state index in [9.17, 15) is 0 Å². The summed E-state index contributed by atoms with van der Waals surface area (Å²) in [6.07, 6.45) is 0.